The lowest BCUT2D eigenvalue weighted by molar-refractivity contribution is 0.444. The zero-order valence-corrected chi connectivity index (χ0v) is 8.13. The predicted octanol–water partition coefficient (Wildman–Crippen LogP) is 3.24. The molecule has 0 unspecified atom stereocenters. The van der Waals surface area contributed by atoms with Crippen molar-refractivity contribution in [3.8, 4) is 0 Å². The molecule has 0 saturated heterocycles. The van der Waals surface area contributed by atoms with Crippen LogP contribution in [0.4, 0.5) is 0 Å². The van der Waals surface area contributed by atoms with Crippen molar-refractivity contribution in [3.05, 3.63) is 18.2 Å². The van der Waals surface area contributed by atoms with Gasteiger partial charge in [-0.3, -0.25) is 0 Å². The van der Waals surface area contributed by atoms with Crippen LogP contribution in [0.25, 0.3) is 0 Å². The molecule has 0 spiro atoms. The number of nitrogens with zero attached hydrogens (tertiary/aromatic N) is 1. The van der Waals surface area contributed by atoms with Crippen molar-refractivity contribution in [2.24, 2.45) is 0 Å². The number of H-pyrrole nitrogens is 1. The molecular weight excluding hydrogens is 160 g/mol. The standard InChI is InChI=1S/C11H18N2/c1-2-4-6-10(7-5-3-1)11-12-8-9-13-11/h8-10H,1-7H2,(H,12,13). The number of imidazole rings is 1. The number of aromatic amines is 1. The van der Waals surface area contributed by atoms with Gasteiger partial charge in [-0.25, -0.2) is 4.98 Å². The summed E-state index contributed by atoms with van der Waals surface area (Å²) in [4.78, 5) is 7.60. The van der Waals surface area contributed by atoms with E-state index >= 15 is 0 Å². The second-order valence-electron chi connectivity index (χ2n) is 4.02. The molecule has 1 aromatic heterocycles. The number of rotatable bonds is 1. The first-order chi connectivity index (χ1) is 6.47. The minimum Gasteiger partial charge on any atom is -0.348 e. The molecule has 0 amide bonds. The third-order valence-electron chi connectivity index (χ3n) is 3.01. The lowest BCUT2D eigenvalue weighted by Crippen LogP contribution is -2.03. The SMILES string of the molecule is c1c[nH]c(C2CCCCCCC2)n1. The maximum atomic E-state index is 4.36. The van der Waals surface area contributed by atoms with E-state index in [-0.39, 0.29) is 0 Å². The molecule has 0 atom stereocenters. The first kappa shape index (κ1) is 8.79. The van der Waals surface area contributed by atoms with Crippen molar-refractivity contribution in [1.29, 1.82) is 0 Å². The van der Waals surface area contributed by atoms with E-state index in [1.54, 1.807) is 0 Å². The van der Waals surface area contributed by atoms with E-state index < -0.39 is 0 Å². The van der Waals surface area contributed by atoms with Crippen molar-refractivity contribution in [2.45, 2.75) is 50.9 Å². The fourth-order valence-corrected chi connectivity index (χ4v) is 2.23. The Bertz CT molecular complexity index is 220. The third kappa shape index (κ3) is 2.33. The highest BCUT2D eigenvalue weighted by Crippen LogP contribution is 2.28. The van der Waals surface area contributed by atoms with Gasteiger partial charge in [0.05, 0.1) is 0 Å². The summed E-state index contributed by atoms with van der Waals surface area (Å²) in [5, 5.41) is 0. The fourth-order valence-electron chi connectivity index (χ4n) is 2.23. The summed E-state index contributed by atoms with van der Waals surface area (Å²) in [6.07, 6.45) is 13.5. The molecule has 13 heavy (non-hydrogen) atoms. The molecule has 1 heterocycles. The van der Waals surface area contributed by atoms with Crippen molar-refractivity contribution in [2.75, 3.05) is 0 Å². The number of hydrogen-bond acceptors (Lipinski definition) is 1. The van der Waals surface area contributed by atoms with Gasteiger partial charge < -0.3 is 4.98 Å². The molecule has 0 radical (unpaired) electrons. The number of nitrogens with one attached hydrogen (secondary N) is 1. The molecule has 1 saturated carbocycles. The van der Waals surface area contributed by atoms with Gasteiger partial charge in [-0.1, -0.05) is 32.1 Å². The Morgan fingerprint density at radius 3 is 2.38 bits per heavy atom. The minimum atomic E-state index is 0.704. The van der Waals surface area contributed by atoms with E-state index in [0.717, 1.165) is 0 Å². The zero-order valence-electron chi connectivity index (χ0n) is 8.13. The Morgan fingerprint density at radius 1 is 1.08 bits per heavy atom. The summed E-state index contributed by atoms with van der Waals surface area (Å²) in [6.45, 7) is 0. The van der Waals surface area contributed by atoms with E-state index in [1.807, 2.05) is 12.4 Å². The topological polar surface area (TPSA) is 28.7 Å². The van der Waals surface area contributed by atoms with Gasteiger partial charge in [-0.15, -0.1) is 0 Å². The maximum Gasteiger partial charge on any atom is 0.109 e. The lowest BCUT2D eigenvalue weighted by atomic mass is 9.91. The first-order valence-electron chi connectivity index (χ1n) is 5.46. The molecule has 1 aromatic rings. The van der Waals surface area contributed by atoms with E-state index in [2.05, 4.69) is 9.97 Å². The summed E-state index contributed by atoms with van der Waals surface area (Å²) in [5.41, 5.74) is 0. The highest BCUT2D eigenvalue weighted by Gasteiger charge is 2.14. The Hall–Kier alpha value is -0.790. The molecule has 0 bridgehead atoms. The second kappa shape index (κ2) is 4.45. The molecule has 0 aliphatic heterocycles. The molecule has 2 nitrogen and oxygen atoms in total. The molecule has 1 aliphatic rings. The van der Waals surface area contributed by atoms with E-state index in [1.165, 1.54) is 50.8 Å². The van der Waals surface area contributed by atoms with Gasteiger partial charge >= 0.3 is 0 Å². The summed E-state index contributed by atoms with van der Waals surface area (Å²) >= 11 is 0. The summed E-state index contributed by atoms with van der Waals surface area (Å²) < 4.78 is 0. The van der Waals surface area contributed by atoms with Crippen LogP contribution in [0.2, 0.25) is 0 Å². The molecule has 0 aromatic carbocycles. The van der Waals surface area contributed by atoms with Gasteiger partial charge in [0.15, 0.2) is 0 Å². The first-order valence-corrected chi connectivity index (χ1v) is 5.46. The van der Waals surface area contributed by atoms with Crippen LogP contribution in [0.1, 0.15) is 56.7 Å². The monoisotopic (exact) mass is 178 g/mol. The van der Waals surface area contributed by atoms with Gasteiger partial charge in [0, 0.05) is 18.3 Å². The highest BCUT2D eigenvalue weighted by molar-refractivity contribution is 4.96. The van der Waals surface area contributed by atoms with E-state index in [4.69, 9.17) is 0 Å². The predicted molar refractivity (Wildman–Crippen MR) is 53.6 cm³/mol. The Labute approximate surface area is 79.8 Å². The molecule has 1 fully saturated rings. The van der Waals surface area contributed by atoms with Crippen LogP contribution in [-0.2, 0) is 0 Å². The molecule has 2 rings (SSSR count). The molecular formula is C11H18N2. The van der Waals surface area contributed by atoms with Crippen molar-refractivity contribution in [1.82, 2.24) is 9.97 Å². The van der Waals surface area contributed by atoms with E-state index in [0.29, 0.717) is 5.92 Å². The van der Waals surface area contributed by atoms with Crippen LogP contribution in [0, 0.1) is 0 Å². The molecule has 1 aliphatic carbocycles. The van der Waals surface area contributed by atoms with Gasteiger partial charge in [-0.2, -0.15) is 0 Å². The van der Waals surface area contributed by atoms with Crippen LogP contribution >= 0.6 is 0 Å². The van der Waals surface area contributed by atoms with Crippen molar-refractivity contribution in [3.63, 3.8) is 0 Å². The second-order valence-corrected chi connectivity index (χ2v) is 4.02. The van der Waals surface area contributed by atoms with Crippen LogP contribution in [0.3, 0.4) is 0 Å². The summed E-state index contributed by atoms with van der Waals surface area (Å²) in [6, 6.07) is 0. The van der Waals surface area contributed by atoms with Crippen molar-refractivity contribution < 1.29 is 0 Å². The van der Waals surface area contributed by atoms with Crippen LogP contribution in [-0.4, -0.2) is 9.97 Å². The third-order valence-corrected chi connectivity index (χ3v) is 3.01. The number of hydrogen-bond donors (Lipinski definition) is 1. The van der Waals surface area contributed by atoms with Gasteiger partial charge in [0.1, 0.15) is 5.82 Å². The largest absolute Gasteiger partial charge is 0.348 e. The average molecular weight is 178 g/mol. The highest BCUT2D eigenvalue weighted by atomic mass is 14.9. The quantitative estimate of drug-likeness (QED) is 0.702. The Kier molecular flexibility index (Phi) is 3.01. The fraction of sp³-hybridized carbons (Fsp3) is 0.727. The normalized spacial score (nSPS) is 20.9. The van der Waals surface area contributed by atoms with Crippen LogP contribution in [0.5, 0.6) is 0 Å². The Balaban J connectivity index is 1.96. The maximum absolute atomic E-state index is 4.36. The molecule has 72 valence electrons. The van der Waals surface area contributed by atoms with Crippen molar-refractivity contribution >= 4 is 0 Å². The van der Waals surface area contributed by atoms with E-state index in [9.17, 15) is 0 Å². The minimum absolute atomic E-state index is 0.704. The van der Waals surface area contributed by atoms with Gasteiger partial charge in [-0.05, 0) is 12.8 Å². The summed E-state index contributed by atoms with van der Waals surface area (Å²) in [7, 11) is 0. The smallest absolute Gasteiger partial charge is 0.109 e. The van der Waals surface area contributed by atoms with Gasteiger partial charge in [0.25, 0.3) is 0 Å². The zero-order chi connectivity index (χ0) is 8.93. The lowest BCUT2D eigenvalue weighted by Gasteiger charge is -2.17. The van der Waals surface area contributed by atoms with Crippen LogP contribution < -0.4 is 0 Å². The van der Waals surface area contributed by atoms with Crippen LogP contribution in [0.15, 0.2) is 12.4 Å². The average Bonchev–Trinajstić information content (AvgIpc) is 2.55. The summed E-state index contributed by atoms with van der Waals surface area (Å²) in [5.74, 6) is 1.91. The molecule has 2 heteroatoms. The van der Waals surface area contributed by atoms with Gasteiger partial charge in [0.2, 0.25) is 0 Å². The number of aromatic nitrogens is 2. The molecule has 1 N–H and O–H groups in total. The Morgan fingerprint density at radius 2 is 1.77 bits per heavy atom.